The minimum atomic E-state index is -0.454. The maximum atomic E-state index is 12.5. The lowest BCUT2D eigenvalue weighted by Gasteiger charge is -2.09. The molecule has 0 spiro atoms. The third kappa shape index (κ3) is 4.50. The molecule has 138 valence electrons. The van der Waals surface area contributed by atoms with Gasteiger partial charge in [-0.25, -0.2) is 4.79 Å². The molecule has 0 atom stereocenters. The maximum absolute atomic E-state index is 12.5. The van der Waals surface area contributed by atoms with Gasteiger partial charge in [0, 0.05) is 24.0 Å². The van der Waals surface area contributed by atoms with Gasteiger partial charge in [-0.05, 0) is 57.5 Å². The van der Waals surface area contributed by atoms with Gasteiger partial charge in [0.05, 0.1) is 11.7 Å². The van der Waals surface area contributed by atoms with Crippen molar-refractivity contribution in [1.82, 2.24) is 4.98 Å². The fraction of sp³-hybridized carbons (Fsp3) is 0.316. The molecule has 7 nitrogen and oxygen atoms in total. The second kappa shape index (κ2) is 7.86. The van der Waals surface area contributed by atoms with Gasteiger partial charge in [-0.3, -0.25) is 9.59 Å². The van der Waals surface area contributed by atoms with Gasteiger partial charge in [-0.2, -0.15) is 0 Å². The normalized spacial score (nSPS) is 10.5. The van der Waals surface area contributed by atoms with Crippen LogP contribution in [0, 0.1) is 13.8 Å². The Morgan fingerprint density at radius 3 is 2.04 bits per heavy atom. The van der Waals surface area contributed by atoms with E-state index in [0.717, 1.165) is 0 Å². The van der Waals surface area contributed by atoms with Crippen molar-refractivity contribution < 1.29 is 19.1 Å². The van der Waals surface area contributed by atoms with Crippen LogP contribution in [0.1, 0.15) is 52.9 Å². The summed E-state index contributed by atoms with van der Waals surface area (Å²) in [5, 5.41) is 5.42. The molecule has 0 aliphatic carbocycles. The first-order valence-corrected chi connectivity index (χ1v) is 8.28. The first-order valence-electron chi connectivity index (χ1n) is 8.28. The molecule has 0 aliphatic rings. The lowest BCUT2D eigenvalue weighted by atomic mass is 10.1. The summed E-state index contributed by atoms with van der Waals surface area (Å²) in [6.07, 6.45) is -0.240. The van der Waals surface area contributed by atoms with E-state index in [1.807, 2.05) is 0 Å². The number of aromatic nitrogens is 1. The zero-order valence-electron chi connectivity index (χ0n) is 15.5. The Kier molecular flexibility index (Phi) is 5.82. The van der Waals surface area contributed by atoms with Crippen LogP contribution in [0.15, 0.2) is 24.3 Å². The molecule has 2 aromatic rings. The number of rotatable bonds is 5. The van der Waals surface area contributed by atoms with Gasteiger partial charge in [0.25, 0.3) is 5.91 Å². The van der Waals surface area contributed by atoms with E-state index in [-0.39, 0.29) is 17.9 Å². The molecule has 0 radical (unpaired) electrons. The number of hydrogen-bond donors (Lipinski definition) is 3. The van der Waals surface area contributed by atoms with E-state index < -0.39 is 5.97 Å². The van der Waals surface area contributed by atoms with Gasteiger partial charge in [0.2, 0.25) is 5.91 Å². The number of aromatic amines is 1. The first-order chi connectivity index (χ1) is 12.2. The number of H-pyrrole nitrogens is 1. The number of hydrogen-bond acceptors (Lipinski definition) is 4. The van der Waals surface area contributed by atoms with Crippen molar-refractivity contribution in [3.05, 3.63) is 46.8 Å². The number of benzene rings is 1. The van der Waals surface area contributed by atoms with E-state index in [4.69, 9.17) is 4.74 Å². The van der Waals surface area contributed by atoms with Crippen LogP contribution in [0.3, 0.4) is 0 Å². The third-order valence-electron chi connectivity index (χ3n) is 3.67. The summed E-state index contributed by atoms with van der Waals surface area (Å²) in [5.41, 5.74) is 3.02. The average Bonchev–Trinajstić information content (AvgIpc) is 2.83. The summed E-state index contributed by atoms with van der Waals surface area (Å²) < 4.78 is 5.23. The minimum absolute atomic E-state index is 0.167. The predicted molar refractivity (Wildman–Crippen MR) is 99.5 cm³/mol. The molecule has 1 heterocycles. The van der Waals surface area contributed by atoms with Crippen LogP contribution < -0.4 is 10.6 Å². The molecule has 7 heteroatoms. The molecule has 0 aliphatic heterocycles. The van der Waals surface area contributed by atoms with E-state index in [1.54, 1.807) is 52.0 Å². The highest BCUT2D eigenvalue weighted by atomic mass is 16.5. The number of amides is 2. The lowest BCUT2D eigenvalue weighted by molar-refractivity contribution is -0.114. The third-order valence-corrected chi connectivity index (χ3v) is 3.67. The number of carbonyl (C=O) groups is 3. The smallest absolute Gasteiger partial charge is 0.340 e. The van der Waals surface area contributed by atoms with E-state index in [2.05, 4.69) is 15.6 Å². The molecule has 0 saturated carbocycles. The fourth-order valence-corrected chi connectivity index (χ4v) is 2.59. The van der Waals surface area contributed by atoms with Crippen LogP contribution in [0.4, 0.5) is 11.4 Å². The Bertz CT molecular complexity index is 835. The number of nitrogens with one attached hydrogen (secondary N) is 3. The molecule has 2 rings (SSSR count). The molecule has 3 N–H and O–H groups in total. The van der Waals surface area contributed by atoms with E-state index >= 15 is 0 Å². The average molecular weight is 357 g/mol. The molecular formula is C19H23N3O4. The maximum Gasteiger partial charge on any atom is 0.340 e. The van der Waals surface area contributed by atoms with Gasteiger partial charge in [-0.1, -0.05) is 0 Å². The minimum Gasteiger partial charge on any atom is -0.459 e. The van der Waals surface area contributed by atoms with Crippen LogP contribution in [0.2, 0.25) is 0 Å². The Morgan fingerprint density at radius 2 is 1.54 bits per heavy atom. The molecule has 0 fully saturated rings. The molecule has 1 aromatic carbocycles. The zero-order valence-corrected chi connectivity index (χ0v) is 15.5. The second-order valence-electron chi connectivity index (χ2n) is 6.29. The fourth-order valence-electron chi connectivity index (χ4n) is 2.59. The summed E-state index contributed by atoms with van der Waals surface area (Å²) in [6.45, 7) is 8.40. The van der Waals surface area contributed by atoms with E-state index in [0.29, 0.717) is 33.9 Å². The van der Waals surface area contributed by atoms with Crippen LogP contribution in [0.25, 0.3) is 0 Å². The SMILES string of the molecule is CC(=O)Nc1ccc(NC(=O)c2[nH]c(C)c(C(=O)OC(C)C)c2C)cc1. The monoisotopic (exact) mass is 357 g/mol. The van der Waals surface area contributed by atoms with Crippen molar-refractivity contribution in [1.29, 1.82) is 0 Å². The van der Waals surface area contributed by atoms with E-state index in [1.165, 1.54) is 6.92 Å². The first kappa shape index (κ1) is 19.2. The lowest BCUT2D eigenvalue weighted by Crippen LogP contribution is -2.15. The molecule has 0 saturated heterocycles. The van der Waals surface area contributed by atoms with Gasteiger partial charge in [0.1, 0.15) is 5.69 Å². The number of anilines is 2. The number of esters is 1. The van der Waals surface area contributed by atoms with Gasteiger partial charge in [-0.15, -0.1) is 0 Å². The summed E-state index contributed by atoms with van der Waals surface area (Å²) in [5.74, 6) is -0.980. The quantitative estimate of drug-likeness (QED) is 0.714. The van der Waals surface area contributed by atoms with Gasteiger partial charge in [0.15, 0.2) is 0 Å². The van der Waals surface area contributed by atoms with Gasteiger partial charge >= 0.3 is 5.97 Å². The van der Waals surface area contributed by atoms with Crippen LogP contribution in [-0.2, 0) is 9.53 Å². The Balaban J connectivity index is 2.17. The zero-order chi connectivity index (χ0) is 19.4. The van der Waals surface area contributed by atoms with Crippen molar-refractivity contribution in [2.45, 2.75) is 40.7 Å². The largest absolute Gasteiger partial charge is 0.459 e. The summed E-state index contributed by atoms with van der Waals surface area (Å²) in [6, 6.07) is 6.75. The van der Waals surface area contributed by atoms with Crippen LogP contribution >= 0.6 is 0 Å². The summed E-state index contributed by atoms with van der Waals surface area (Å²) >= 11 is 0. The number of aryl methyl sites for hydroxylation is 1. The molecule has 2 amide bonds. The van der Waals surface area contributed by atoms with Crippen LogP contribution in [0.5, 0.6) is 0 Å². The summed E-state index contributed by atoms with van der Waals surface area (Å²) in [4.78, 5) is 38.7. The highest BCUT2D eigenvalue weighted by Crippen LogP contribution is 2.21. The number of ether oxygens (including phenoxy) is 1. The van der Waals surface area contributed by atoms with Gasteiger partial charge < -0.3 is 20.4 Å². The molecule has 0 bridgehead atoms. The Hall–Kier alpha value is -3.09. The highest BCUT2D eigenvalue weighted by molar-refractivity contribution is 6.07. The predicted octanol–water partition coefficient (Wildman–Crippen LogP) is 3.41. The van der Waals surface area contributed by atoms with E-state index in [9.17, 15) is 14.4 Å². The molecule has 0 unspecified atom stereocenters. The van der Waals surface area contributed by atoms with Crippen molar-refractivity contribution >= 4 is 29.2 Å². The highest BCUT2D eigenvalue weighted by Gasteiger charge is 2.23. The molecule has 26 heavy (non-hydrogen) atoms. The molecule has 1 aromatic heterocycles. The Morgan fingerprint density at radius 1 is 1.00 bits per heavy atom. The summed E-state index contributed by atoms with van der Waals surface area (Å²) in [7, 11) is 0. The number of carbonyl (C=O) groups excluding carboxylic acids is 3. The van der Waals surface area contributed by atoms with Crippen molar-refractivity contribution in [3.8, 4) is 0 Å². The topological polar surface area (TPSA) is 100 Å². The standard InChI is InChI=1S/C19H23N3O4/c1-10(2)26-19(25)16-11(3)17(20-12(16)4)18(24)22-15-8-6-14(7-9-15)21-13(5)23/h6-10,20H,1-5H3,(H,21,23)(H,22,24). The second-order valence-corrected chi connectivity index (χ2v) is 6.29. The van der Waals surface area contributed by atoms with Crippen molar-refractivity contribution in [3.63, 3.8) is 0 Å². The van der Waals surface area contributed by atoms with Crippen molar-refractivity contribution in [2.75, 3.05) is 10.6 Å². The van der Waals surface area contributed by atoms with Crippen LogP contribution in [-0.4, -0.2) is 28.9 Å². The molecular weight excluding hydrogens is 334 g/mol. The van der Waals surface area contributed by atoms with Crippen molar-refractivity contribution in [2.24, 2.45) is 0 Å². The Labute approximate surface area is 152 Å².